The summed E-state index contributed by atoms with van der Waals surface area (Å²) < 4.78 is 5.30. The summed E-state index contributed by atoms with van der Waals surface area (Å²) in [5.74, 6) is -0.305. The fraction of sp³-hybridized carbons (Fsp3) is 0.467. The Kier molecular flexibility index (Phi) is 7.08. The molecule has 2 amide bonds. The predicted molar refractivity (Wildman–Crippen MR) is 80.7 cm³/mol. The van der Waals surface area contributed by atoms with Gasteiger partial charge >= 0.3 is 12.0 Å². The number of aliphatic carboxylic acids is 1. The number of nitrogens with one attached hydrogen (secondary N) is 2. The SMILES string of the molecule is CCCCC(NC(=O)Nc1ccc(OCC)cc1)C(=O)O. The number of hydrogen-bond acceptors (Lipinski definition) is 3. The Morgan fingerprint density at radius 1 is 1.24 bits per heavy atom. The number of hydrogen-bond donors (Lipinski definition) is 3. The summed E-state index contributed by atoms with van der Waals surface area (Å²) in [5, 5.41) is 14.1. The number of unbranched alkanes of at least 4 members (excludes halogenated alkanes) is 1. The maximum atomic E-state index is 11.8. The third-order valence-electron chi connectivity index (χ3n) is 2.87. The maximum absolute atomic E-state index is 11.8. The van der Waals surface area contributed by atoms with Gasteiger partial charge in [-0.05, 0) is 37.6 Å². The van der Waals surface area contributed by atoms with Crippen molar-refractivity contribution in [3.8, 4) is 5.75 Å². The second kappa shape index (κ2) is 8.84. The minimum Gasteiger partial charge on any atom is -0.494 e. The molecule has 0 spiro atoms. The van der Waals surface area contributed by atoms with Gasteiger partial charge in [0.25, 0.3) is 0 Å². The van der Waals surface area contributed by atoms with E-state index in [1.165, 1.54) is 0 Å². The van der Waals surface area contributed by atoms with Crippen molar-refractivity contribution in [1.82, 2.24) is 5.32 Å². The normalized spacial score (nSPS) is 11.5. The summed E-state index contributed by atoms with van der Waals surface area (Å²) in [4.78, 5) is 22.8. The minimum atomic E-state index is -1.02. The number of anilines is 1. The molecule has 6 nitrogen and oxygen atoms in total. The van der Waals surface area contributed by atoms with Gasteiger partial charge in [-0.1, -0.05) is 19.8 Å². The molecular formula is C15H22N2O4. The third kappa shape index (κ3) is 6.16. The van der Waals surface area contributed by atoms with Crippen LogP contribution < -0.4 is 15.4 Å². The summed E-state index contributed by atoms with van der Waals surface area (Å²) in [6.07, 6.45) is 2.05. The van der Waals surface area contributed by atoms with Gasteiger partial charge in [0.05, 0.1) is 6.61 Å². The zero-order valence-electron chi connectivity index (χ0n) is 12.4. The first-order valence-electron chi connectivity index (χ1n) is 7.10. The van der Waals surface area contributed by atoms with Gasteiger partial charge in [0.1, 0.15) is 11.8 Å². The van der Waals surface area contributed by atoms with E-state index in [9.17, 15) is 9.59 Å². The zero-order valence-corrected chi connectivity index (χ0v) is 12.4. The van der Waals surface area contributed by atoms with Crippen LogP contribution in [-0.2, 0) is 4.79 Å². The van der Waals surface area contributed by atoms with Gasteiger partial charge in [-0.25, -0.2) is 9.59 Å². The van der Waals surface area contributed by atoms with Gasteiger partial charge in [-0.3, -0.25) is 0 Å². The topological polar surface area (TPSA) is 87.7 Å². The fourth-order valence-electron chi connectivity index (χ4n) is 1.79. The highest BCUT2D eigenvalue weighted by Gasteiger charge is 2.19. The smallest absolute Gasteiger partial charge is 0.326 e. The standard InChI is InChI=1S/C15H22N2O4/c1-3-5-6-13(14(18)19)17-15(20)16-11-7-9-12(10-8-11)21-4-2/h7-10,13H,3-6H2,1-2H3,(H,18,19)(H2,16,17,20). The van der Waals surface area contributed by atoms with E-state index in [0.29, 0.717) is 18.7 Å². The molecule has 6 heteroatoms. The van der Waals surface area contributed by atoms with Crippen LogP contribution in [0.1, 0.15) is 33.1 Å². The van der Waals surface area contributed by atoms with Gasteiger partial charge in [-0.2, -0.15) is 0 Å². The lowest BCUT2D eigenvalue weighted by molar-refractivity contribution is -0.139. The summed E-state index contributed by atoms with van der Waals surface area (Å²) in [5.41, 5.74) is 0.579. The van der Waals surface area contributed by atoms with Gasteiger partial charge in [0, 0.05) is 5.69 Å². The molecule has 0 aliphatic carbocycles. The van der Waals surface area contributed by atoms with Crippen LogP contribution in [0.5, 0.6) is 5.75 Å². The Morgan fingerprint density at radius 2 is 1.90 bits per heavy atom. The number of benzene rings is 1. The van der Waals surface area contributed by atoms with Crippen LogP contribution in [0.4, 0.5) is 10.5 Å². The van der Waals surface area contributed by atoms with Crippen molar-refractivity contribution in [3.63, 3.8) is 0 Å². The number of urea groups is 1. The summed E-state index contributed by atoms with van der Waals surface area (Å²) in [6.45, 7) is 4.44. The highest BCUT2D eigenvalue weighted by molar-refractivity contribution is 5.92. The molecule has 3 N–H and O–H groups in total. The first-order valence-corrected chi connectivity index (χ1v) is 7.10. The summed E-state index contributed by atoms with van der Waals surface area (Å²) >= 11 is 0. The van der Waals surface area contributed by atoms with Crippen LogP contribution in [0.25, 0.3) is 0 Å². The van der Waals surface area contributed by atoms with E-state index < -0.39 is 18.0 Å². The zero-order chi connectivity index (χ0) is 15.7. The van der Waals surface area contributed by atoms with Crippen molar-refractivity contribution in [3.05, 3.63) is 24.3 Å². The molecule has 1 aromatic rings. The average Bonchev–Trinajstić information content (AvgIpc) is 2.45. The van der Waals surface area contributed by atoms with E-state index in [4.69, 9.17) is 9.84 Å². The summed E-state index contributed by atoms with van der Waals surface area (Å²) in [6, 6.07) is 5.49. The van der Waals surface area contributed by atoms with Crippen molar-refractivity contribution < 1.29 is 19.4 Å². The molecule has 21 heavy (non-hydrogen) atoms. The number of ether oxygens (including phenoxy) is 1. The Labute approximate surface area is 124 Å². The van der Waals surface area contributed by atoms with E-state index in [-0.39, 0.29) is 0 Å². The van der Waals surface area contributed by atoms with Crippen molar-refractivity contribution in [2.24, 2.45) is 0 Å². The van der Waals surface area contributed by atoms with E-state index in [1.54, 1.807) is 24.3 Å². The molecule has 0 radical (unpaired) electrons. The Balaban J connectivity index is 2.52. The Morgan fingerprint density at radius 3 is 2.43 bits per heavy atom. The highest BCUT2D eigenvalue weighted by Crippen LogP contribution is 2.15. The van der Waals surface area contributed by atoms with Crippen LogP contribution in [0, 0.1) is 0 Å². The molecular weight excluding hydrogens is 272 g/mol. The second-order valence-corrected chi connectivity index (χ2v) is 4.59. The molecule has 0 saturated carbocycles. The van der Waals surface area contributed by atoms with Gasteiger partial charge in [-0.15, -0.1) is 0 Å². The number of carbonyl (C=O) groups excluding carboxylic acids is 1. The maximum Gasteiger partial charge on any atom is 0.326 e. The number of rotatable bonds is 8. The first kappa shape index (κ1) is 16.8. The lowest BCUT2D eigenvalue weighted by Crippen LogP contribution is -2.42. The fourth-order valence-corrected chi connectivity index (χ4v) is 1.79. The lowest BCUT2D eigenvalue weighted by Gasteiger charge is -2.15. The number of amides is 2. The molecule has 116 valence electrons. The van der Waals surface area contributed by atoms with E-state index >= 15 is 0 Å². The molecule has 0 aliphatic rings. The van der Waals surface area contributed by atoms with Gasteiger partial charge < -0.3 is 20.5 Å². The minimum absolute atomic E-state index is 0.419. The van der Waals surface area contributed by atoms with Crippen LogP contribution in [0.15, 0.2) is 24.3 Å². The molecule has 0 saturated heterocycles. The Bertz CT molecular complexity index is 459. The molecule has 1 unspecified atom stereocenters. The number of carbonyl (C=O) groups is 2. The molecule has 0 aromatic heterocycles. The molecule has 1 aromatic carbocycles. The van der Waals surface area contributed by atoms with Gasteiger partial charge in [0.15, 0.2) is 0 Å². The predicted octanol–water partition coefficient (Wildman–Crippen LogP) is 2.85. The van der Waals surface area contributed by atoms with Crippen LogP contribution >= 0.6 is 0 Å². The van der Waals surface area contributed by atoms with Crippen LogP contribution in [-0.4, -0.2) is 29.8 Å². The van der Waals surface area contributed by atoms with E-state index in [1.807, 2.05) is 13.8 Å². The molecule has 0 heterocycles. The van der Waals surface area contributed by atoms with Crippen LogP contribution in [0.2, 0.25) is 0 Å². The lowest BCUT2D eigenvalue weighted by atomic mass is 10.1. The highest BCUT2D eigenvalue weighted by atomic mass is 16.5. The summed E-state index contributed by atoms with van der Waals surface area (Å²) in [7, 11) is 0. The Hall–Kier alpha value is -2.24. The monoisotopic (exact) mass is 294 g/mol. The number of carboxylic acids is 1. The van der Waals surface area contributed by atoms with Crippen molar-refractivity contribution in [2.45, 2.75) is 39.2 Å². The first-order chi connectivity index (χ1) is 10.1. The quantitative estimate of drug-likeness (QED) is 0.688. The molecule has 0 fully saturated rings. The number of carboxylic acid groups (broad SMARTS) is 1. The van der Waals surface area contributed by atoms with E-state index in [0.717, 1.165) is 18.6 Å². The molecule has 1 atom stereocenters. The second-order valence-electron chi connectivity index (χ2n) is 4.59. The average molecular weight is 294 g/mol. The van der Waals surface area contributed by atoms with Crippen molar-refractivity contribution >= 4 is 17.7 Å². The van der Waals surface area contributed by atoms with Crippen LogP contribution in [0.3, 0.4) is 0 Å². The van der Waals surface area contributed by atoms with Crippen molar-refractivity contribution in [1.29, 1.82) is 0 Å². The van der Waals surface area contributed by atoms with E-state index in [2.05, 4.69) is 10.6 Å². The largest absolute Gasteiger partial charge is 0.494 e. The van der Waals surface area contributed by atoms with Crippen molar-refractivity contribution in [2.75, 3.05) is 11.9 Å². The van der Waals surface area contributed by atoms with Gasteiger partial charge in [0.2, 0.25) is 0 Å². The molecule has 1 rings (SSSR count). The third-order valence-corrected chi connectivity index (χ3v) is 2.87. The molecule has 0 aliphatic heterocycles. The molecule has 0 bridgehead atoms.